The van der Waals surface area contributed by atoms with E-state index in [0.717, 1.165) is 69.3 Å². The molecule has 1 saturated heterocycles. The molecule has 3 rings (SSSR count). The largest absolute Gasteiger partial charge is 0.490 e. The Morgan fingerprint density at radius 2 is 2.05 bits per heavy atom. The third kappa shape index (κ3) is 3.07. The van der Waals surface area contributed by atoms with Gasteiger partial charge in [0.05, 0.1) is 19.8 Å². The van der Waals surface area contributed by atoms with Gasteiger partial charge >= 0.3 is 0 Å². The second-order valence-corrected chi connectivity index (χ2v) is 5.87. The highest BCUT2D eigenvalue weighted by atomic mass is 16.5. The zero-order chi connectivity index (χ0) is 13.8. The van der Waals surface area contributed by atoms with E-state index in [4.69, 9.17) is 14.2 Å². The number of nitrogens with one attached hydrogen (secondary N) is 1. The van der Waals surface area contributed by atoms with Crippen LogP contribution in [-0.4, -0.2) is 32.0 Å². The minimum absolute atomic E-state index is 0.0621. The third-order valence-electron chi connectivity index (χ3n) is 4.00. The minimum atomic E-state index is 0.0621. The Balaban J connectivity index is 1.71. The summed E-state index contributed by atoms with van der Waals surface area (Å²) in [5.41, 5.74) is 1.23. The van der Waals surface area contributed by atoms with E-state index in [1.807, 2.05) is 12.1 Å². The van der Waals surface area contributed by atoms with Gasteiger partial charge in [-0.2, -0.15) is 0 Å². The molecule has 0 bridgehead atoms. The first-order valence-electron chi connectivity index (χ1n) is 7.47. The molecule has 4 nitrogen and oxygen atoms in total. The van der Waals surface area contributed by atoms with Gasteiger partial charge in [0.1, 0.15) is 0 Å². The van der Waals surface area contributed by atoms with E-state index < -0.39 is 0 Å². The molecule has 4 heteroatoms. The maximum Gasteiger partial charge on any atom is 0.165 e. The Bertz CT molecular complexity index is 455. The number of hydrogen-bond donors (Lipinski definition) is 1. The van der Waals surface area contributed by atoms with Gasteiger partial charge in [-0.05, 0) is 25.8 Å². The van der Waals surface area contributed by atoms with Crippen LogP contribution in [0.5, 0.6) is 11.5 Å². The maximum atomic E-state index is 5.86. The van der Waals surface area contributed by atoms with Crippen molar-refractivity contribution in [3.05, 3.63) is 23.8 Å². The van der Waals surface area contributed by atoms with Crippen molar-refractivity contribution in [1.29, 1.82) is 0 Å². The molecule has 0 radical (unpaired) electrons. The number of fused-ring (bicyclic) bond motifs is 1. The van der Waals surface area contributed by atoms with Crippen LogP contribution >= 0.6 is 0 Å². The molecular weight excluding hydrogens is 254 g/mol. The van der Waals surface area contributed by atoms with E-state index in [2.05, 4.69) is 18.3 Å². The molecule has 1 N–H and O–H groups in total. The topological polar surface area (TPSA) is 39.7 Å². The van der Waals surface area contributed by atoms with Crippen molar-refractivity contribution in [2.45, 2.75) is 38.3 Å². The molecule has 1 unspecified atom stereocenters. The molecule has 2 aliphatic rings. The molecule has 110 valence electrons. The van der Waals surface area contributed by atoms with Gasteiger partial charge in [-0.3, -0.25) is 0 Å². The van der Waals surface area contributed by atoms with E-state index >= 15 is 0 Å². The molecule has 0 spiro atoms. The number of rotatable bonds is 3. The van der Waals surface area contributed by atoms with E-state index in [9.17, 15) is 0 Å². The van der Waals surface area contributed by atoms with Crippen molar-refractivity contribution in [3.8, 4) is 11.5 Å². The minimum Gasteiger partial charge on any atom is -0.490 e. The van der Waals surface area contributed by atoms with Gasteiger partial charge in [0.15, 0.2) is 11.5 Å². The molecule has 1 fully saturated rings. The van der Waals surface area contributed by atoms with Crippen molar-refractivity contribution < 1.29 is 14.2 Å². The predicted octanol–water partition coefficient (Wildman–Crippen LogP) is 2.51. The molecule has 0 saturated carbocycles. The summed E-state index contributed by atoms with van der Waals surface area (Å²) in [4.78, 5) is 0. The lowest BCUT2D eigenvalue weighted by molar-refractivity contribution is 0.0277. The highest BCUT2D eigenvalue weighted by molar-refractivity contribution is 5.47. The fourth-order valence-corrected chi connectivity index (χ4v) is 2.78. The summed E-state index contributed by atoms with van der Waals surface area (Å²) in [6.45, 7) is 6.13. The first-order chi connectivity index (χ1) is 9.77. The predicted molar refractivity (Wildman–Crippen MR) is 77.3 cm³/mol. The summed E-state index contributed by atoms with van der Waals surface area (Å²) in [5, 5.41) is 3.62. The average molecular weight is 277 g/mol. The number of para-hydroxylation sites is 1. The average Bonchev–Trinajstić information content (AvgIpc) is 2.71. The Morgan fingerprint density at radius 3 is 2.90 bits per heavy atom. The van der Waals surface area contributed by atoms with Crippen molar-refractivity contribution in [2.24, 2.45) is 0 Å². The lowest BCUT2D eigenvalue weighted by Crippen LogP contribution is -2.48. The highest BCUT2D eigenvalue weighted by Crippen LogP contribution is 2.33. The van der Waals surface area contributed by atoms with Gasteiger partial charge in [0.25, 0.3) is 0 Å². The summed E-state index contributed by atoms with van der Waals surface area (Å²) in [7, 11) is 0. The molecule has 1 aromatic rings. The summed E-state index contributed by atoms with van der Waals surface area (Å²) >= 11 is 0. The van der Waals surface area contributed by atoms with Gasteiger partial charge in [-0.25, -0.2) is 0 Å². The summed E-state index contributed by atoms with van der Waals surface area (Å²) in [6, 6.07) is 6.12. The van der Waals surface area contributed by atoms with Gasteiger partial charge in [0.2, 0.25) is 0 Å². The number of hydrogen-bond acceptors (Lipinski definition) is 4. The van der Waals surface area contributed by atoms with Crippen molar-refractivity contribution in [1.82, 2.24) is 5.32 Å². The zero-order valence-corrected chi connectivity index (χ0v) is 12.1. The maximum absolute atomic E-state index is 5.86. The van der Waals surface area contributed by atoms with Gasteiger partial charge in [-0.15, -0.1) is 0 Å². The first-order valence-corrected chi connectivity index (χ1v) is 7.47. The molecule has 0 amide bonds. The quantitative estimate of drug-likeness (QED) is 0.921. The van der Waals surface area contributed by atoms with Crippen LogP contribution < -0.4 is 14.8 Å². The molecule has 0 aliphatic carbocycles. The van der Waals surface area contributed by atoms with Crippen LogP contribution in [0.15, 0.2) is 18.2 Å². The zero-order valence-electron chi connectivity index (χ0n) is 12.1. The lowest BCUT2D eigenvalue weighted by Gasteiger charge is -2.34. The van der Waals surface area contributed by atoms with E-state index in [-0.39, 0.29) is 5.54 Å². The molecule has 0 aromatic heterocycles. The molecule has 1 aromatic carbocycles. The second-order valence-electron chi connectivity index (χ2n) is 5.87. The molecule has 20 heavy (non-hydrogen) atoms. The van der Waals surface area contributed by atoms with E-state index in [1.165, 1.54) is 0 Å². The number of benzene rings is 1. The van der Waals surface area contributed by atoms with Crippen LogP contribution in [0.3, 0.4) is 0 Å². The van der Waals surface area contributed by atoms with Gasteiger partial charge in [0, 0.05) is 30.7 Å². The molecular formula is C16H23NO3. The van der Waals surface area contributed by atoms with Crippen LogP contribution in [0.1, 0.15) is 31.7 Å². The second kappa shape index (κ2) is 6.02. The molecule has 2 aliphatic heterocycles. The third-order valence-corrected chi connectivity index (χ3v) is 4.00. The fourth-order valence-electron chi connectivity index (χ4n) is 2.78. The van der Waals surface area contributed by atoms with E-state index in [1.54, 1.807) is 0 Å². The summed E-state index contributed by atoms with van der Waals surface area (Å²) in [5.74, 6) is 1.77. The van der Waals surface area contributed by atoms with E-state index in [0.29, 0.717) is 0 Å². The van der Waals surface area contributed by atoms with Crippen molar-refractivity contribution in [3.63, 3.8) is 0 Å². The molecule has 1 atom stereocenters. The first kappa shape index (κ1) is 13.7. The van der Waals surface area contributed by atoms with Crippen LogP contribution in [0.2, 0.25) is 0 Å². The van der Waals surface area contributed by atoms with Crippen molar-refractivity contribution >= 4 is 0 Å². The fraction of sp³-hybridized carbons (Fsp3) is 0.625. The van der Waals surface area contributed by atoms with Crippen LogP contribution in [0, 0.1) is 0 Å². The normalized spacial score (nSPS) is 26.1. The SMILES string of the molecule is CC1(NCc2cccc3c2OCCCO3)CCCOC1. The standard InChI is InChI=1S/C16H23NO3/c1-16(7-3-8-18-12-16)17-11-13-5-2-6-14-15(13)20-10-4-9-19-14/h2,5-6,17H,3-4,7-12H2,1H3. The molecule has 2 heterocycles. The highest BCUT2D eigenvalue weighted by Gasteiger charge is 2.27. The Hall–Kier alpha value is -1.26. The van der Waals surface area contributed by atoms with Crippen LogP contribution in [0.25, 0.3) is 0 Å². The Kier molecular flexibility index (Phi) is 4.13. The smallest absolute Gasteiger partial charge is 0.165 e. The van der Waals surface area contributed by atoms with Crippen molar-refractivity contribution in [2.75, 3.05) is 26.4 Å². The Morgan fingerprint density at radius 1 is 1.15 bits per heavy atom. The summed E-state index contributed by atoms with van der Waals surface area (Å²) < 4.78 is 17.2. The summed E-state index contributed by atoms with van der Waals surface area (Å²) in [6.07, 6.45) is 3.21. The Labute approximate surface area is 120 Å². The number of ether oxygens (including phenoxy) is 3. The van der Waals surface area contributed by atoms with Crippen LogP contribution in [0.4, 0.5) is 0 Å². The van der Waals surface area contributed by atoms with Gasteiger partial charge < -0.3 is 19.5 Å². The van der Waals surface area contributed by atoms with Gasteiger partial charge in [-0.1, -0.05) is 12.1 Å². The monoisotopic (exact) mass is 277 g/mol. The van der Waals surface area contributed by atoms with Crippen LogP contribution in [-0.2, 0) is 11.3 Å². The lowest BCUT2D eigenvalue weighted by atomic mass is 9.94.